The summed E-state index contributed by atoms with van der Waals surface area (Å²) in [4.78, 5) is 39.7. The lowest BCUT2D eigenvalue weighted by molar-refractivity contribution is -0.384. The number of amides is 1. The summed E-state index contributed by atoms with van der Waals surface area (Å²) in [5.74, 6) is -0.850. The molecule has 2 aliphatic heterocycles. The molecule has 1 N–H and O–H groups in total. The number of thioether (sulfide) groups is 1. The van der Waals surface area contributed by atoms with Crippen LogP contribution in [0, 0.1) is 10.1 Å². The third-order valence-electron chi connectivity index (χ3n) is 6.25. The molecule has 43 heavy (non-hydrogen) atoms. The summed E-state index contributed by atoms with van der Waals surface area (Å²) in [5, 5.41) is 14.1. The van der Waals surface area contributed by atoms with E-state index in [9.17, 15) is 24.3 Å². The zero-order chi connectivity index (χ0) is 30.6. The van der Waals surface area contributed by atoms with E-state index in [1.165, 1.54) is 43.3 Å². The van der Waals surface area contributed by atoms with Gasteiger partial charge in [-0.2, -0.15) is 0 Å². The van der Waals surface area contributed by atoms with Crippen LogP contribution < -0.4 is 14.6 Å². The van der Waals surface area contributed by atoms with E-state index < -0.39 is 34.7 Å². The maximum absolute atomic E-state index is 13.7. The van der Waals surface area contributed by atoms with E-state index in [4.69, 9.17) is 29.8 Å². The first-order valence-corrected chi connectivity index (χ1v) is 15.9. The van der Waals surface area contributed by atoms with Crippen LogP contribution in [0.3, 0.4) is 0 Å². The number of β-lactam (4-membered cyclic amide) rings is 1. The zero-order valence-corrected chi connectivity index (χ0v) is 24.8. The highest BCUT2D eigenvalue weighted by molar-refractivity contribution is 8.15. The van der Waals surface area contributed by atoms with Crippen molar-refractivity contribution in [2.24, 2.45) is 4.99 Å². The van der Waals surface area contributed by atoms with Crippen molar-refractivity contribution in [2.45, 2.75) is 24.4 Å². The van der Waals surface area contributed by atoms with Gasteiger partial charge in [0.25, 0.3) is 5.69 Å². The standard InChI is InChI=1S/C28H23ClN3O9PS/c1-18(40-42(29,37)41-22-10-6-3-7-11-22)24(27(34)39-16-19-12-14-20(15-13-19)32(35)36)28-25(26(33)31-28)30-23(43-28)17-38-21-8-4-2-5-9-21/h2-15,25H,16-17H2,1H3,(H,31,33). The number of aliphatic imine (C=N–C) groups is 1. The maximum atomic E-state index is 13.7. The summed E-state index contributed by atoms with van der Waals surface area (Å²) in [6.07, 6.45) is 0. The fraction of sp³-hybridized carbons (Fsp3) is 0.179. The highest BCUT2D eigenvalue weighted by atomic mass is 35.7. The molecule has 2 heterocycles. The van der Waals surface area contributed by atoms with Gasteiger partial charge in [-0.25, -0.2) is 9.36 Å². The Morgan fingerprint density at radius 2 is 1.67 bits per heavy atom. The molecule has 0 aromatic heterocycles. The predicted molar refractivity (Wildman–Crippen MR) is 159 cm³/mol. The van der Waals surface area contributed by atoms with Gasteiger partial charge >= 0.3 is 12.9 Å². The average molecular weight is 644 g/mol. The SMILES string of the molecule is CC(OP(=O)(Cl)Oc1ccccc1)=C(C(=O)OCc1ccc([N+](=O)[O-])cc1)C12NC(=O)C1N=C(COc1ccccc1)S2. The molecule has 0 saturated carbocycles. The van der Waals surface area contributed by atoms with Gasteiger partial charge in [-0.05, 0) is 48.9 Å². The summed E-state index contributed by atoms with van der Waals surface area (Å²) < 4.78 is 35.3. The number of nitro groups is 1. The number of hydrogen-bond donors (Lipinski definition) is 1. The molecule has 3 aromatic carbocycles. The lowest BCUT2D eigenvalue weighted by Crippen LogP contribution is -2.70. The number of carbonyl (C=O) groups excluding carboxylic acids is 2. The number of ether oxygens (including phenoxy) is 2. The molecule has 0 radical (unpaired) electrons. The highest BCUT2D eigenvalue weighted by Gasteiger charge is 2.64. The van der Waals surface area contributed by atoms with Gasteiger partial charge in [-0.3, -0.25) is 19.9 Å². The van der Waals surface area contributed by atoms with Crippen molar-refractivity contribution in [1.29, 1.82) is 0 Å². The molecule has 1 saturated heterocycles. The first-order valence-electron chi connectivity index (χ1n) is 12.7. The second-order valence-corrected chi connectivity index (χ2v) is 13.0. The van der Waals surface area contributed by atoms with Gasteiger partial charge in [0.1, 0.15) is 41.1 Å². The predicted octanol–water partition coefficient (Wildman–Crippen LogP) is 5.77. The third-order valence-corrected chi connectivity index (χ3v) is 8.89. The molecule has 3 aromatic rings. The normalized spacial score (nSPS) is 20.7. The molecule has 222 valence electrons. The fourth-order valence-electron chi connectivity index (χ4n) is 4.32. The summed E-state index contributed by atoms with van der Waals surface area (Å²) in [7, 11) is 0. The molecule has 12 nitrogen and oxygen atoms in total. The largest absolute Gasteiger partial charge is 0.529 e. The number of hydrogen-bond acceptors (Lipinski definition) is 11. The number of fused-ring (bicyclic) bond motifs is 1. The van der Waals surface area contributed by atoms with Gasteiger partial charge in [0.05, 0.1) is 4.92 Å². The van der Waals surface area contributed by atoms with Crippen LogP contribution in [-0.4, -0.2) is 39.4 Å². The number of halogens is 1. The Bertz CT molecular complexity index is 1650. The van der Waals surface area contributed by atoms with Gasteiger partial charge in [-0.15, -0.1) is 0 Å². The summed E-state index contributed by atoms with van der Waals surface area (Å²) >= 11 is 7.19. The Hall–Kier alpha value is -4.32. The number of benzene rings is 3. The molecular formula is C28H23ClN3O9PS. The second-order valence-electron chi connectivity index (χ2n) is 9.21. The van der Waals surface area contributed by atoms with E-state index in [1.807, 2.05) is 6.07 Å². The highest BCUT2D eigenvalue weighted by Crippen LogP contribution is 2.57. The van der Waals surface area contributed by atoms with Gasteiger partial charge in [0.2, 0.25) is 5.91 Å². The number of para-hydroxylation sites is 2. The van der Waals surface area contributed by atoms with Gasteiger partial charge in [-0.1, -0.05) is 48.2 Å². The number of nitrogens with one attached hydrogen (secondary N) is 1. The van der Waals surface area contributed by atoms with Gasteiger partial charge in [0.15, 0.2) is 10.9 Å². The van der Waals surface area contributed by atoms with Crippen molar-refractivity contribution in [3.05, 3.63) is 112 Å². The van der Waals surface area contributed by atoms with Crippen LogP contribution in [0.15, 0.2) is 101 Å². The van der Waals surface area contributed by atoms with Crippen molar-refractivity contribution >= 4 is 52.6 Å². The molecular weight excluding hydrogens is 621 g/mol. The van der Waals surface area contributed by atoms with Crippen LogP contribution in [-0.2, 0) is 30.0 Å². The molecule has 0 spiro atoms. The number of nitro benzene ring substituents is 1. The van der Waals surface area contributed by atoms with E-state index in [0.717, 1.165) is 11.8 Å². The smallest absolute Gasteiger partial charge is 0.487 e. The first kappa shape index (κ1) is 30.1. The Kier molecular flexibility index (Phi) is 8.77. The number of nitrogens with zero attached hydrogens (tertiary/aromatic N) is 2. The molecule has 15 heteroatoms. The van der Waals surface area contributed by atoms with Crippen molar-refractivity contribution in [3.63, 3.8) is 0 Å². The Morgan fingerprint density at radius 3 is 2.28 bits per heavy atom. The van der Waals surface area contributed by atoms with Crippen molar-refractivity contribution in [1.82, 2.24) is 5.32 Å². The van der Waals surface area contributed by atoms with Crippen molar-refractivity contribution in [2.75, 3.05) is 6.61 Å². The zero-order valence-electron chi connectivity index (χ0n) is 22.4. The minimum Gasteiger partial charge on any atom is -0.487 e. The lowest BCUT2D eigenvalue weighted by Gasteiger charge is -2.43. The van der Waals surface area contributed by atoms with E-state index in [1.54, 1.807) is 42.5 Å². The first-order chi connectivity index (χ1) is 20.6. The Balaban J connectivity index is 1.41. The average Bonchev–Trinajstić information content (AvgIpc) is 3.27. The van der Waals surface area contributed by atoms with E-state index >= 15 is 0 Å². The molecule has 1 fully saturated rings. The maximum Gasteiger partial charge on any atom is 0.529 e. The fourth-order valence-corrected chi connectivity index (χ4v) is 7.10. The van der Waals surface area contributed by atoms with E-state index in [2.05, 4.69) is 10.3 Å². The molecule has 1 amide bonds. The van der Waals surface area contributed by atoms with Gasteiger partial charge < -0.3 is 23.8 Å². The van der Waals surface area contributed by atoms with Crippen LogP contribution in [0.4, 0.5) is 5.69 Å². The number of esters is 1. The number of non-ortho nitro benzene ring substituents is 1. The van der Waals surface area contributed by atoms with Crippen LogP contribution in [0.5, 0.6) is 11.5 Å². The van der Waals surface area contributed by atoms with E-state index in [-0.39, 0.29) is 36.0 Å². The monoisotopic (exact) mass is 643 g/mol. The molecule has 0 aliphatic carbocycles. The molecule has 3 atom stereocenters. The van der Waals surface area contributed by atoms with Crippen LogP contribution in [0.1, 0.15) is 12.5 Å². The lowest BCUT2D eigenvalue weighted by atomic mass is 9.90. The van der Waals surface area contributed by atoms with Crippen LogP contribution in [0.2, 0.25) is 0 Å². The summed E-state index contributed by atoms with van der Waals surface area (Å²) in [5.41, 5.74) is 0.145. The number of rotatable bonds is 12. The molecule has 2 aliphatic rings. The third kappa shape index (κ3) is 6.85. The van der Waals surface area contributed by atoms with Crippen molar-refractivity contribution in [3.8, 4) is 11.5 Å². The van der Waals surface area contributed by atoms with Crippen molar-refractivity contribution < 1.29 is 37.6 Å². The van der Waals surface area contributed by atoms with E-state index in [0.29, 0.717) is 16.4 Å². The Morgan fingerprint density at radius 1 is 1.05 bits per heavy atom. The minimum absolute atomic E-state index is 0.0119. The topological polar surface area (TPSA) is 156 Å². The van der Waals surface area contributed by atoms with Crippen LogP contribution >= 0.6 is 30.0 Å². The quantitative estimate of drug-likeness (QED) is 0.0489. The molecule has 3 unspecified atom stereocenters. The summed E-state index contributed by atoms with van der Waals surface area (Å²) in [6, 6.07) is 21.4. The molecule has 5 rings (SSSR count). The second kappa shape index (κ2) is 12.5. The van der Waals surface area contributed by atoms with Gasteiger partial charge in [0, 0.05) is 23.4 Å². The number of allylic oxidation sites excluding steroid dienone is 1. The van der Waals surface area contributed by atoms with Crippen LogP contribution in [0.25, 0.3) is 0 Å². The Labute approximate surface area is 254 Å². The number of carbonyl (C=O) groups is 2. The minimum atomic E-state index is -4.35. The summed E-state index contributed by atoms with van der Waals surface area (Å²) in [6.45, 7) is -3.25. The molecule has 0 bridgehead atoms.